The van der Waals surface area contributed by atoms with Gasteiger partial charge in [0, 0.05) is 12.0 Å². The molecule has 0 aliphatic carbocycles. The average molecular weight is 282 g/mol. The fourth-order valence-corrected chi connectivity index (χ4v) is 2.58. The summed E-state index contributed by atoms with van der Waals surface area (Å²) in [5, 5.41) is 21.9. The second kappa shape index (κ2) is 8.97. The van der Waals surface area contributed by atoms with Crippen molar-refractivity contribution in [3.63, 3.8) is 0 Å². The summed E-state index contributed by atoms with van der Waals surface area (Å²) >= 11 is 0. The topological polar surface area (TPSA) is 73.1 Å². The Morgan fingerprint density at radius 1 is 1.15 bits per heavy atom. The third-order valence-corrected chi connectivity index (χ3v) is 4.46. The van der Waals surface area contributed by atoms with E-state index in [0.717, 1.165) is 25.7 Å². The SMILES string of the molecule is CCCC(C#N)(CCC)C(=O)NCC(CC)(CC)CO. The van der Waals surface area contributed by atoms with Crippen LogP contribution in [0.1, 0.15) is 66.2 Å². The first-order valence-corrected chi connectivity index (χ1v) is 7.80. The van der Waals surface area contributed by atoms with Crippen molar-refractivity contribution in [3.8, 4) is 6.07 Å². The molecule has 0 aromatic heterocycles. The zero-order valence-corrected chi connectivity index (χ0v) is 13.5. The maximum atomic E-state index is 12.5. The second-order valence-corrected chi connectivity index (χ2v) is 5.74. The Bertz CT molecular complexity index is 316. The quantitative estimate of drug-likeness (QED) is 0.647. The summed E-state index contributed by atoms with van der Waals surface area (Å²) in [7, 11) is 0. The third-order valence-electron chi connectivity index (χ3n) is 4.46. The molecule has 0 saturated heterocycles. The highest BCUT2D eigenvalue weighted by Crippen LogP contribution is 2.30. The van der Waals surface area contributed by atoms with Crippen LogP contribution in [0, 0.1) is 22.2 Å². The number of nitrogens with zero attached hydrogens (tertiary/aromatic N) is 1. The Hall–Kier alpha value is -1.08. The molecule has 0 aliphatic rings. The number of amides is 1. The van der Waals surface area contributed by atoms with Crippen molar-refractivity contribution in [2.24, 2.45) is 10.8 Å². The Morgan fingerprint density at radius 2 is 1.65 bits per heavy atom. The molecule has 0 aromatic carbocycles. The monoisotopic (exact) mass is 282 g/mol. The number of nitrogens with one attached hydrogen (secondary N) is 1. The number of aliphatic hydroxyl groups is 1. The van der Waals surface area contributed by atoms with E-state index in [4.69, 9.17) is 0 Å². The molecule has 20 heavy (non-hydrogen) atoms. The minimum absolute atomic E-state index is 0.0569. The van der Waals surface area contributed by atoms with E-state index < -0.39 is 5.41 Å². The molecule has 0 fully saturated rings. The third kappa shape index (κ3) is 4.49. The van der Waals surface area contributed by atoms with Gasteiger partial charge in [-0.3, -0.25) is 4.79 Å². The molecule has 0 bridgehead atoms. The summed E-state index contributed by atoms with van der Waals surface area (Å²) in [5.74, 6) is -0.177. The standard InChI is InChI=1S/C16H30N2O2/c1-5-9-16(11-17,10-6-2)14(20)18-12-15(7-3,8-4)13-19/h19H,5-10,12-13H2,1-4H3,(H,18,20). The van der Waals surface area contributed by atoms with Crippen LogP contribution in [0.3, 0.4) is 0 Å². The first-order chi connectivity index (χ1) is 9.49. The molecule has 0 saturated carbocycles. The summed E-state index contributed by atoms with van der Waals surface area (Å²) in [6, 6.07) is 2.23. The first kappa shape index (κ1) is 18.9. The number of rotatable bonds is 10. The van der Waals surface area contributed by atoms with Crippen molar-refractivity contribution in [2.45, 2.75) is 66.2 Å². The summed E-state index contributed by atoms with van der Waals surface area (Å²) in [6.45, 7) is 8.51. The minimum Gasteiger partial charge on any atom is -0.396 e. The number of aliphatic hydroxyl groups excluding tert-OH is 1. The van der Waals surface area contributed by atoms with E-state index in [2.05, 4.69) is 11.4 Å². The van der Waals surface area contributed by atoms with Crippen molar-refractivity contribution in [2.75, 3.05) is 13.2 Å². The molecule has 0 rings (SSSR count). The molecule has 0 radical (unpaired) electrons. The molecule has 0 atom stereocenters. The minimum atomic E-state index is -0.911. The van der Waals surface area contributed by atoms with Crippen molar-refractivity contribution >= 4 is 5.91 Å². The predicted octanol–water partition coefficient (Wildman–Crippen LogP) is 3.01. The molecule has 0 unspecified atom stereocenters. The maximum absolute atomic E-state index is 12.5. The highest BCUT2D eigenvalue weighted by Gasteiger charge is 2.38. The van der Waals surface area contributed by atoms with Crippen LogP contribution >= 0.6 is 0 Å². The average Bonchev–Trinajstić information content (AvgIpc) is 2.48. The van der Waals surface area contributed by atoms with Crippen molar-refractivity contribution in [1.29, 1.82) is 5.26 Å². The summed E-state index contributed by atoms with van der Waals surface area (Å²) in [6.07, 6.45) is 4.42. The van der Waals surface area contributed by atoms with Gasteiger partial charge in [0.25, 0.3) is 0 Å². The van der Waals surface area contributed by atoms with E-state index in [-0.39, 0.29) is 17.9 Å². The molecule has 2 N–H and O–H groups in total. The van der Waals surface area contributed by atoms with E-state index in [1.54, 1.807) is 0 Å². The maximum Gasteiger partial charge on any atom is 0.240 e. The molecular formula is C16H30N2O2. The van der Waals surface area contributed by atoms with Crippen molar-refractivity contribution in [1.82, 2.24) is 5.32 Å². The number of hydrogen-bond acceptors (Lipinski definition) is 3. The van der Waals surface area contributed by atoms with Gasteiger partial charge in [-0.25, -0.2) is 0 Å². The molecule has 0 aliphatic heterocycles. The molecular weight excluding hydrogens is 252 g/mol. The number of nitriles is 1. The van der Waals surface area contributed by atoms with Crippen molar-refractivity contribution in [3.05, 3.63) is 0 Å². The highest BCUT2D eigenvalue weighted by molar-refractivity contribution is 5.85. The lowest BCUT2D eigenvalue weighted by molar-refractivity contribution is -0.129. The molecule has 4 nitrogen and oxygen atoms in total. The van der Waals surface area contributed by atoms with Crippen LogP contribution < -0.4 is 5.32 Å². The van der Waals surface area contributed by atoms with Gasteiger partial charge in [-0.15, -0.1) is 0 Å². The fraction of sp³-hybridized carbons (Fsp3) is 0.875. The number of carbonyl (C=O) groups excluding carboxylic acids is 1. The van der Waals surface area contributed by atoms with Crippen LogP contribution in [-0.2, 0) is 4.79 Å². The summed E-state index contributed by atoms with van der Waals surface area (Å²) < 4.78 is 0. The summed E-state index contributed by atoms with van der Waals surface area (Å²) in [4.78, 5) is 12.5. The Morgan fingerprint density at radius 3 is 1.95 bits per heavy atom. The van der Waals surface area contributed by atoms with E-state index in [9.17, 15) is 15.2 Å². The molecule has 0 spiro atoms. The van der Waals surface area contributed by atoms with Gasteiger partial charge in [-0.2, -0.15) is 5.26 Å². The number of carbonyl (C=O) groups is 1. The first-order valence-electron chi connectivity index (χ1n) is 7.80. The Balaban J connectivity index is 4.90. The van der Waals surface area contributed by atoms with Gasteiger partial charge in [0.15, 0.2) is 0 Å². The van der Waals surface area contributed by atoms with Gasteiger partial charge < -0.3 is 10.4 Å². The lowest BCUT2D eigenvalue weighted by Gasteiger charge is -2.32. The van der Waals surface area contributed by atoms with Gasteiger partial charge in [-0.05, 0) is 25.7 Å². The number of hydrogen-bond donors (Lipinski definition) is 2. The van der Waals surface area contributed by atoms with Gasteiger partial charge in [0.1, 0.15) is 5.41 Å². The Kier molecular flexibility index (Phi) is 8.48. The van der Waals surface area contributed by atoms with Crippen LogP contribution in [0.25, 0.3) is 0 Å². The lowest BCUT2D eigenvalue weighted by Crippen LogP contribution is -2.46. The van der Waals surface area contributed by atoms with Gasteiger partial charge in [-0.1, -0.05) is 40.5 Å². The lowest BCUT2D eigenvalue weighted by atomic mass is 9.78. The van der Waals surface area contributed by atoms with Gasteiger partial charge in [0.2, 0.25) is 5.91 Å². The molecule has 116 valence electrons. The van der Waals surface area contributed by atoms with Crippen molar-refractivity contribution < 1.29 is 9.90 Å². The van der Waals surface area contributed by atoms with E-state index >= 15 is 0 Å². The smallest absolute Gasteiger partial charge is 0.240 e. The zero-order valence-electron chi connectivity index (χ0n) is 13.5. The van der Waals surface area contributed by atoms with Crippen LogP contribution in [0.5, 0.6) is 0 Å². The normalized spacial score (nSPS) is 12.0. The predicted molar refractivity (Wildman–Crippen MR) is 81.0 cm³/mol. The van der Waals surface area contributed by atoms with E-state index in [1.807, 2.05) is 27.7 Å². The van der Waals surface area contributed by atoms with Crippen LogP contribution in [0.15, 0.2) is 0 Å². The van der Waals surface area contributed by atoms with E-state index in [1.165, 1.54) is 0 Å². The summed E-state index contributed by atoms with van der Waals surface area (Å²) in [5.41, 5.74) is -1.18. The Labute approximate surface area is 123 Å². The fourth-order valence-electron chi connectivity index (χ4n) is 2.58. The highest BCUT2D eigenvalue weighted by atomic mass is 16.3. The molecule has 0 aromatic rings. The molecule has 4 heteroatoms. The van der Waals surface area contributed by atoms with Crippen LogP contribution in [0.2, 0.25) is 0 Å². The van der Waals surface area contributed by atoms with Crippen LogP contribution in [-0.4, -0.2) is 24.2 Å². The van der Waals surface area contributed by atoms with Gasteiger partial charge >= 0.3 is 0 Å². The molecule has 0 heterocycles. The van der Waals surface area contributed by atoms with Gasteiger partial charge in [0.05, 0.1) is 12.7 Å². The molecule has 1 amide bonds. The largest absolute Gasteiger partial charge is 0.396 e. The second-order valence-electron chi connectivity index (χ2n) is 5.74. The zero-order chi connectivity index (χ0) is 15.6. The van der Waals surface area contributed by atoms with E-state index in [0.29, 0.717) is 19.4 Å². The van der Waals surface area contributed by atoms with Crippen LogP contribution in [0.4, 0.5) is 0 Å².